The van der Waals surface area contributed by atoms with Gasteiger partial charge in [-0.2, -0.15) is 0 Å². The number of hydrogen-bond acceptors (Lipinski definition) is 3. The molecular weight excluding hydrogens is 374 g/mol. The molecule has 3 aliphatic rings. The summed E-state index contributed by atoms with van der Waals surface area (Å²) < 4.78 is 0. The summed E-state index contributed by atoms with van der Waals surface area (Å²) in [7, 11) is 0. The van der Waals surface area contributed by atoms with Gasteiger partial charge in [0.1, 0.15) is 0 Å². The summed E-state index contributed by atoms with van der Waals surface area (Å²) in [6.07, 6.45) is 9.70. The maximum Gasteiger partial charge on any atom is 0.220 e. The third-order valence-electron chi connectivity index (χ3n) is 7.21. The Morgan fingerprint density at radius 3 is 2.13 bits per heavy atom. The standard InChI is InChI=1S/C25H37N3O2/c1-19(29)27-16-12-24(13-17-27)28-14-10-22(11-15-28)18-21-4-2-20(3-5-21)6-9-25(30)26-23-7-8-23/h2-5,22-24H,6-18H2,1H3,(H,26,30). The predicted octanol–water partition coefficient (Wildman–Crippen LogP) is 3.16. The van der Waals surface area contributed by atoms with Gasteiger partial charge >= 0.3 is 0 Å². The van der Waals surface area contributed by atoms with E-state index in [0.29, 0.717) is 18.5 Å². The molecule has 5 nitrogen and oxygen atoms in total. The number of nitrogens with one attached hydrogen (secondary N) is 1. The van der Waals surface area contributed by atoms with Crippen molar-refractivity contribution in [3.63, 3.8) is 0 Å². The van der Waals surface area contributed by atoms with Crippen molar-refractivity contribution in [1.29, 1.82) is 0 Å². The van der Waals surface area contributed by atoms with Crippen molar-refractivity contribution in [1.82, 2.24) is 15.1 Å². The quantitative estimate of drug-likeness (QED) is 0.750. The van der Waals surface area contributed by atoms with E-state index in [0.717, 1.165) is 51.1 Å². The van der Waals surface area contributed by atoms with Gasteiger partial charge in [0.25, 0.3) is 0 Å². The maximum atomic E-state index is 11.9. The highest BCUT2D eigenvalue weighted by Gasteiger charge is 2.29. The van der Waals surface area contributed by atoms with Crippen LogP contribution in [0, 0.1) is 5.92 Å². The van der Waals surface area contributed by atoms with Crippen molar-refractivity contribution < 1.29 is 9.59 Å². The van der Waals surface area contributed by atoms with E-state index in [2.05, 4.69) is 34.5 Å². The summed E-state index contributed by atoms with van der Waals surface area (Å²) in [6, 6.07) is 10.1. The van der Waals surface area contributed by atoms with Crippen LogP contribution in [-0.4, -0.2) is 59.9 Å². The monoisotopic (exact) mass is 411 g/mol. The number of benzene rings is 1. The molecule has 2 heterocycles. The van der Waals surface area contributed by atoms with Crippen LogP contribution in [0.4, 0.5) is 0 Å². The number of aryl methyl sites for hydroxylation is 1. The van der Waals surface area contributed by atoms with E-state index < -0.39 is 0 Å². The van der Waals surface area contributed by atoms with E-state index >= 15 is 0 Å². The Labute approximate surface area is 181 Å². The third-order valence-corrected chi connectivity index (χ3v) is 7.21. The number of carbonyl (C=O) groups excluding carboxylic acids is 2. The molecule has 0 atom stereocenters. The van der Waals surface area contributed by atoms with E-state index in [9.17, 15) is 9.59 Å². The minimum Gasteiger partial charge on any atom is -0.353 e. The zero-order chi connectivity index (χ0) is 20.9. The molecule has 0 bridgehead atoms. The Bertz CT molecular complexity index is 712. The van der Waals surface area contributed by atoms with Crippen molar-refractivity contribution in [3.8, 4) is 0 Å². The molecule has 1 aromatic rings. The first kappa shape index (κ1) is 21.4. The van der Waals surface area contributed by atoms with Gasteiger partial charge < -0.3 is 15.1 Å². The fourth-order valence-corrected chi connectivity index (χ4v) is 5.03. The lowest BCUT2D eigenvalue weighted by Crippen LogP contribution is -2.48. The third kappa shape index (κ3) is 6.07. The average Bonchev–Trinajstić information content (AvgIpc) is 3.58. The average molecular weight is 412 g/mol. The van der Waals surface area contributed by atoms with Gasteiger partial charge in [-0.1, -0.05) is 24.3 Å². The molecule has 2 aliphatic heterocycles. The second kappa shape index (κ2) is 9.95. The van der Waals surface area contributed by atoms with Crippen LogP contribution in [0.2, 0.25) is 0 Å². The van der Waals surface area contributed by atoms with Gasteiger partial charge in [-0.3, -0.25) is 9.59 Å². The smallest absolute Gasteiger partial charge is 0.220 e. The van der Waals surface area contributed by atoms with Crippen LogP contribution in [-0.2, 0) is 22.4 Å². The minimum atomic E-state index is 0.195. The lowest BCUT2D eigenvalue weighted by atomic mass is 9.88. The summed E-state index contributed by atoms with van der Waals surface area (Å²) in [4.78, 5) is 28.0. The molecule has 1 aliphatic carbocycles. The number of rotatable bonds is 7. The number of hydrogen-bond donors (Lipinski definition) is 1. The largest absolute Gasteiger partial charge is 0.353 e. The number of carbonyl (C=O) groups is 2. The number of nitrogens with zero attached hydrogens (tertiary/aromatic N) is 2. The molecule has 3 fully saturated rings. The van der Waals surface area contributed by atoms with Crippen LogP contribution in [0.15, 0.2) is 24.3 Å². The first-order valence-corrected chi connectivity index (χ1v) is 11.9. The number of likely N-dealkylation sites (tertiary alicyclic amines) is 2. The van der Waals surface area contributed by atoms with E-state index in [4.69, 9.17) is 0 Å². The molecule has 30 heavy (non-hydrogen) atoms. The van der Waals surface area contributed by atoms with Gasteiger partial charge in [-0.05, 0) is 81.5 Å². The van der Waals surface area contributed by atoms with E-state index in [-0.39, 0.29) is 11.8 Å². The normalized spacial score (nSPS) is 21.6. The van der Waals surface area contributed by atoms with E-state index in [1.165, 1.54) is 43.5 Å². The Hall–Kier alpha value is -1.88. The topological polar surface area (TPSA) is 52.7 Å². The molecule has 1 saturated carbocycles. The van der Waals surface area contributed by atoms with Gasteiger partial charge in [0, 0.05) is 38.5 Å². The molecule has 2 saturated heterocycles. The van der Waals surface area contributed by atoms with Gasteiger partial charge in [0.2, 0.25) is 11.8 Å². The molecule has 0 aromatic heterocycles. The number of amides is 2. The van der Waals surface area contributed by atoms with Crippen LogP contribution in [0.1, 0.15) is 63.0 Å². The molecular formula is C25H37N3O2. The van der Waals surface area contributed by atoms with Gasteiger partial charge in [0.05, 0.1) is 0 Å². The van der Waals surface area contributed by atoms with E-state index in [1.54, 1.807) is 6.92 Å². The fourth-order valence-electron chi connectivity index (χ4n) is 5.03. The summed E-state index contributed by atoms with van der Waals surface area (Å²) in [5.41, 5.74) is 2.69. The zero-order valence-electron chi connectivity index (χ0n) is 18.4. The van der Waals surface area contributed by atoms with Crippen molar-refractivity contribution in [2.45, 2.75) is 76.8 Å². The van der Waals surface area contributed by atoms with Crippen molar-refractivity contribution in [3.05, 3.63) is 35.4 Å². The second-order valence-corrected chi connectivity index (χ2v) is 9.58. The van der Waals surface area contributed by atoms with Crippen LogP contribution in [0.25, 0.3) is 0 Å². The minimum absolute atomic E-state index is 0.195. The van der Waals surface area contributed by atoms with Gasteiger partial charge in [0.15, 0.2) is 0 Å². The Morgan fingerprint density at radius 1 is 0.900 bits per heavy atom. The van der Waals surface area contributed by atoms with Crippen molar-refractivity contribution >= 4 is 11.8 Å². The summed E-state index contributed by atoms with van der Waals surface area (Å²) >= 11 is 0. The van der Waals surface area contributed by atoms with Crippen molar-refractivity contribution in [2.75, 3.05) is 26.2 Å². The molecule has 0 unspecified atom stereocenters. The Balaban J connectivity index is 1.16. The van der Waals surface area contributed by atoms with Crippen LogP contribution in [0.5, 0.6) is 0 Å². The lowest BCUT2D eigenvalue weighted by Gasteiger charge is -2.41. The highest BCUT2D eigenvalue weighted by Crippen LogP contribution is 2.26. The fraction of sp³-hybridized carbons (Fsp3) is 0.680. The predicted molar refractivity (Wildman–Crippen MR) is 119 cm³/mol. The lowest BCUT2D eigenvalue weighted by molar-refractivity contribution is -0.130. The first-order chi connectivity index (χ1) is 14.6. The molecule has 0 radical (unpaired) electrons. The summed E-state index contributed by atoms with van der Waals surface area (Å²) in [5.74, 6) is 1.19. The highest BCUT2D eigenvalue weighted by atomic mass is 16.2. The summed E-state index contributed by atoms with van der Waals surface area (Å²) in [6.45, 7) is 5.93. The Morgan fingerprint density at radius 2 is 1.53 bits per heavy atom. The first-order valence-electron chi connectivity index (χ1n) is 11.9. The molecule has 2 amide bonds. The second-order valence-electron chi connectivity index (χ2n) is 9.58. The van der Waals surface area contributed by atoms with Crippen LogP contribution < -0.4 is 5.32 Å². The SMILES string of the molecule is CC(=O)N1CCC(N2CCC(Cc3ccc(CCC(=O)NC4CC4)cc3)CC2)CC1. The van der Waals surface area contributed by atoms with Gasteiger partial charge in [-0.25, -0.2) is 0 Å². The summed E-state index contributed by atoms with van der Waals surface area (Å²) in [5, 5.41) is 3.06. The molecule has 4 rings (SSSR count). The van der Waals surface area contributed by atoms with Crippen LogP contribution in [0.3, 0.4) is 0 Å². The molecule has 5 heteroatoms. The Kier molecular flexibility index (Phi) is 7.08. The molecule has 164 valence electrons. The number of piperidine rings is 2. The molecule has 1 N–H and O–H groups in total. The highest BCUT2D eigenvalue weighted by molar-refractivity contribution is 5.76. The molecule has 1 aromatic carbocycles. The van der Waals surface area contributed by atoms with Crippen LogP contribution >= 0.6 is 0 Å². The van der Waals surface area contributed by atoms with Crippen molar-refractivity contribution in [2.24, 2.45) is 5.92 Å². The molecule has 0 spiro atoms. The zero-order valence-corrected chi connectivity index (χ0v) is 18.4. The van der Waals surface area contributed by atoms with Gasteiger partial charge in [-0.15, -0.1) is 0 Å². The maximum absolute atomic E-state index is 11.9. The van der Waals surface area contributed by atoms with E-state index in [1.807, 2.05) is 4.90 Å².